The quantitative estimate of drug-likeness (QED) is 0.0744. The average molecular weight is 896 g/mol. The van der Waals surface area contributed by atoms with Crippen LogP contribution in [0.4, 0.5) is 4.79 Å². The molecular formula is C45H65N7O12. The molecule has 2 aromatic rings. The van der Waals surface area contributed by atoms with Gasteiger partial charge in [0.15, 0.2) is 17.7 Å². The molecule has 0 saturated carbocycles. The molecule has 6 heterocycles. The summed E-state index contributed by atoms with van der Waals surface area (Å²) in [5.41, 5.74) is 2.11. The number of nitrogens with zero attached hydrogens (tertiary/aromatic N) is 6. The van der Waals surface area contributed by atoms with Gasteiger partial charge in [0.25, 0.3) is 0 Å². The van der Waals surface area contributed by atoms with Crippen LogP contribution in [0.25, 0.3) is 11.3 Å². The Kier molecular flexibility index (Phi) is 14.6. The number of aliphatic hydroxyl groups excluding tert-OH is 2. The van der Waals surface area contributed by atoms with Crippen molar-refractivity contribution in [2.45, 2.75) is 160 Å². The molecule has 1 aromatic heterocycles. The minimum absolute atomic E-state index is 0.170. The SMILES string of the molecule is CCC1OC(=O)C(C)C(=O)C(C)C(OC2OC(C)CC(N(C)Cc3ccc(-c4cn(CCCCCC(=O)NO)nn4)cc3)C2O)C2(C)CC(CO2)C2=NCCN3C(=O)OC1(C)C(O)C23. The minimum Gasteiger partial charge on any atom is -0.457 e. The maximum Gasteiger partial charge on any atom is 0.411 e. The van der Waals surface area contributed by atoms with E-state index in [-0.39, 0.29) is 38.0 Å². The number of unbranched alkanes of at least 4 members (excludes halogenated alkanes) is 2. The van der Waals surface area contributed by atoms with Crippen molar-refractivity contribution in [1.82, 2.24) is 30.3 Å². The monoisotopic (exact) mass is 895 g/mol. The predicted octanol–water partition coefficient (Wildman–Crippen LogP) is 3.06. The third kappa shape index (κ3) is 9.62. The standard InChI is InChI=1S/C45H65N7O12/c1-8-33-45(6)39(56)36-35(46-17-19-52(36)43(58)64-45)30-21-44(5,60-24-30)40(26(3)37(54)27(4)41(57)62-33)63-42-38(55)32(20-25(2)61-42)50(7)22-28-13-15-29(16-14-28)31-23-51(49-47-31)18-11-9-10-12-34(53)48-59/h13-16,23,25-27,30,32-33,36,38-40,42,55-56,59H,8-12,17-22,24H2,1-7H3,(H,48,53). The number of aryl methyl sites for hydroxylation is 1. The number of cyclic esters (lactones) is 1. The van der Waals surface area contributed by atoms with Gasteiger partial charge in [0.2, 0.25) is 5.91 Å². The predicted molar refractivity (Wildman–Crippen MR) is 229 cm³/mol. The number of hydrogen-bond donors (Lipinski definition) is 4. The molecule has 13 atom stereocenters. The number of amides is 2. The molecule has 64 heavy (non-hydrogen) atoms. The normalized spacial score (nSPS) is 35.7. The van der Waals surface area contributed by atoms with Crippen LogP contribution in [0.1, 0.15) is 92.1 Å². The lowest BCUT2D eigenvalue weighted by Gasteiger charge is -2.52. The number of nitrogens with one attached hydrogen (secondary N) is 1. The van der Waals surface area contributed by atoms with Crippen LogP contribution in [0.5, 0.6) is 0 Å². The van der Waals surface area contributed by atoms with Crippen LogP contribution in [-0.2, 0) is 51.2 Å². The van der Waals surface area contributed by atoms with Gasteiger partial charge < -0.3 is 33.9 Å². The fourth-order valence-corrected chi connectivity index (χ4v) is 10.3. The molecule has 4 N–H and O–H groups in total. The van der Waals surface area contributed by atoms with Crippen molar-refractivity contribution in [3.8, 4) is 11.3 Å². The summed E-state index contributed by atoms with van der Waals surface area (Å²) in [6, 6.07) is 6.74. The number of esters is 1. The van der Waals surface area contributed by atoms with E-state index in [1.165, 1.54) is 11.8 Å². The first kappa shape index (κ1) is 47.6. The lowest BCUT2D eigenvalue weighted by Crippen LogP contribution is -2.71. The highest BCUT2D eigenvalue weighted by Gasteiger charge is 2.61. The largest absolute Gasteiger partial charge is 0.457 e. The van der Waals surface area contributed by atoms with Gasteiger partial charge in [0, 0.05) is 55.2 Å². The zero-order valence-corrected chi connectivity index (χ0v) is 37.9. The van der Waals surface area contributed by atoms with Gasteiger partial charge in [-0.3, -0.25) is 39.1 Å². The second-order valence-electron chi connectivity index (χ2n) is 18.7. The first-order valence-corrected chi connectivity index (χ1v) is 22.7. The number of aromatic nitrogens is 3. The van der Waals surface area contributed by atoms with Crippen molar-refractivity contribution in [3.63, 3.8) is 0 Å². The van der Waals surface area contributed by atoms with Crippen LogP contribution in [0.3, 0.4) is 0 Å². The Morgan fingerprint density at radius 3 is 2.55 bits per heavy atom. The number of fused-ring (bicyclic) bond motifs is 4. The fraction of sp³-hybridized carbons (Fsp3) is 0.711. The summed E-state index contributed by atoms with van der Waals surface area (Å²) in [5.74, 6) is -4.21. The smallest absolute Gasteiger partial charge is 0.411 e. The molecule has 13 unspecified atom stereocenters. The van der Waals surface area contributed by atoms with Gasteiger partial charge in [-0.05, 0) is 72.4 Å². The Balaban J connectivity index is 1.06. The lowest BCUT2D eigenvalue weighted by molar-refractivity contribution is -0.293. The van der Waals surface area contributed by atoms with E-state index in [4.69, 9.17) is 33.9 Å². The van der Waals surface area contributed by atoms with E-state index in [0.717, 1.165) is 29.7 Å². The molecule has 5 aliphatic rings. The highest BCUT2D eigenvalue weighted by molar-refractivity contribution is 6.00. The number of likely N-dealkylation sites (N-methyl/N-ethyl adjacent to an activating group) is 1. The van der Waals surface area contributed by atoms with E-state index in [0.29, 0.717) is 44.6 Å². The number of hydroxylamine groups is 1. The summed E-state index contributed by atoms with van der Waals surface area (Å²) in [7, 11) is 1.93. The summed E-state index contributed by atoms with van der Waals surface area (Å²) >= 11 is 0. The topological polar surface area (TPSA) is 237 Å². The second kappa shape index (κ2) is 19.6. The molecule has 4 fully saturated rings. The molecular weight excluding hydrogens is 831 g/mol. The zero-order chi connectivity index (χ0) is 46.1. The van der Waals surface area contributed by atoms with Crippen LogP contribution >= 0.6 is 0 Å². The van der Waals surface area contributed by atoms with Gasteiger partial charge in [-0.15, -0.1) is 5.10 Å². The van der Waals surface area contributed by atoms with Crippen molar-refractivity contribution < 1.29 is 58.3 Å². The molecule has 4 saturated heterocycles. The van der Waals surface area contributed by atoms with E-state index in [1.807, 2.05) is 51.4 Å². The number of hydrogen-bond acceptors (Lipinski definition) is 16. The summed E-state index contributed by atoms with van der Waals surface area (Å²) in [6.07, 6.45) is -1.16. The Labute approximate surface area is 373 Å². The number of Topliss-reactive ketones (excluding diaryl/α,β-unsaturated/α-hetero) is 1. The van der Waals surface area contributed by atoms with Gasteiger partial charge in [-0.1, -0.05) is 49.7 Å². The fourth-order valence-electron chi connectivity index (χ4n) is 10.3. The highest BCUT2D eigenvalue weighted by Crippen LogP contribution is 2.44. The van der Waals surface area contributed by atoms with Gasteiger partial charge in [0.05, 0.1) is 37.2 Å². The minimum atomic E-state index is -1.61. The number of aliphatic hydroxyl groups is 2. The van der Waals surface area contributed by atoms with Gasteiger partial charge in [0.1, 0.15) is 36.0 Å². The summed E-state index contributed by atoms with van der Waals surface area (Å²) in [5, 5.41) is 41.3. The molecule has 0 spiro atoms. The molecule has 19 nitrogen and oxygen atoms in total. The molecule has 1 aromatic carbocycles. The molecule has 0 radical (unpaired) electrons. The molecule has 2 amide bonds. The van der Waals surface area contributed by atoms with Crippen molar-refractivity contribution in [2.75, 3.05) is 26.7 Å². The second-order valence-corrected chi connectivity index (χ2v) is 18.7. The van der Waals surface area contributed by atoms with E-state index < -0.39 is 89.6 Å². The van der Waals surface area contributed by atoms with Crippen molar-refractivity contribution in [1.29, 1.82) is 0 Å². The van der Waals surface area contributed by atoms with E-state index in [1.54, 1.807) is 30.9 Å². The number of ketones is 1. The van der Waals surface area contributed by atoms with Crippen molar-refractivity contribution in [2.24, 2.45) is 22.7 Å². The van der Waals surface area contributed by atoms with Crippen LogP contribution in [0.2, 0.25) is 0 Å². The van der Waals surface area contributed by atoms with Gasteiger partial charge in [-0.25, -0.2) is 10.3 Å². The number of rotatable bonds is 13. The van der Waals surface area contributed by atoms with Gasteiger partial charge >= 0.3 is 12.1 Å². The molecule has 0 aliphatic carbocycles. The summed E-state index contributed by atoms with van der Waals surface area (Å²) in [4.78, 5) is 61.4. The third-order valence-corrected chi connectivity index (χ3v) is 14.0. The van der Waals surface area contributed by atoms with Crippen molar-refractivity contribution in [3.05, 3.63) is 36.0 Å². The maximum absolute atomic E-state index is 14.4. The number of carbonyl (C=O) groups excluding carboxylic acids is 4. The molecule has 4 bridgehead atoms. The number of aliphatic imine (C=N–C) groups is 1. The number of benzene rings is 1. The summed E-state index contributed by atoms with van der Waals surface area (Å²) in [6.45, 7) is 12.1. The first-order chi connectivity index (χ1) is 30.5. The lowest BCUT2D eigenvalue weighted by atomic mass is 9.75. The Morgan fingerprint density at radius 1 is 1.08 bits per heavy atom. The van der Waals surface area contributed by atoms with E-state index in [9.17, 15) is 29.4 Å². The molecule has 352 valence electrons. The van der Waals surface area contributed by atoms with Gasteiger partial charge in [-0.2, -0.15) is 0 Å². The first-order valence-electron chi connectivity index (χ1n) is 22.7. The van der Waals surface area contributed by atoms with Crippen LogP contribution in [0, 0.1) is 17.8 Å². The zero-order valence-electron chi connectivity index (χ0n) is 37.9. The third-order valence-electron chi connectivity index (χ3n) is 14.0. The Hall–Kier alpha value is -4.37. The van der Waals surface area contributed by atoms with E-state index >= 15 is 0 Å². The Bertz CT molecular complexity index is 2030. The number of ether oxygens (including phenoxy) is 5. The Morgan fingerprint density at radius 2 is 1.83 bits per heavy atom. The highest BCUT2D eigenvalue weighted by atomic mass is 16.7. The molecule has 19 heteroatoms. The van der Waals surface area contributed by atoms with Crippen LogP contribution in [-0.4, -0.2) is 157 Å². The van der Waals surface area contributed by atoms with E-state index in [2.05, 4.69) is 15.2 Å². The van der Waals surface area contributed by atoms with Crippen LogP contribution in [0.15, 0.2) is 35.5 Å². The summed E-state index contributed by atoms with van der Waals surface area (Å²) < 4.78 is 33.3. The number of carbonyl (C=O) groups is 4. The maximum atomic E-state index is 14.4. The molecule has 7 rings (SSSR count). The molecule has 5 aliphatic heterocycles. The van der Waals surface area contributed by atoms with Crippen molar-refractivity contribution >= 4 is 29.5 Å². The average Bonchev–Trinajstić information content (AvgIpc) is 3.93. The van der Waals surface area contributed by atoms with Crippen LogP contribution < -0.4 is 5.48 Å².